The zero-order chi connectivity index (χ0) is 15.3. The van der Waals surface area contributed by atoms with Crippen molar-refractivity contribution in [2.75, 3.05) is 17.2 Å². The van der Waals surface area contributed by atoms with Gasteiger partial charge in [0.15, 0.2) is 0 Å². The monoisotopic (exact) mass is 326 g/mol. The Bertz CT molecular complexity index is 698. The number of nitrogens with two attached hydrogens (primary N) is 1. The Balaban J connectivity index is 1.78. The van der Waals surface area contributed by atoms with Crippen molar-refractivity contribution in [1.29, 1.82) is 0 Å². The van der Waals surface area contributed by atoms with E-state index in [1.54, 1.807) is 30.2 Å². The van der Waals surface area contributed by atoms with Gasteiger partial charge in [-0.05, 0) is 18.2 Å². The van der Waals surface area contributed by atoms with Gasteiger partial charge in [0.1, 0.15) is 0 Å². The van der Waals surface area contributed by atoms with Crippen molar-refractivity contribution in [3.8, 4) is 0 Å². The van der Waals surface area contributed by atoms with Gasteiger partial charge in [-0.2, -0.15) is 5.10 Å². The minimum absolute atomic E-state index is 0.0622. The molecule has 0 saturated heterocycles. The number of sulfonamides is 1. The van der Waals surface area contributed by atoms with Gasteiger partial charge in [0.2, 0.25) is 10.0 Å². The molecule has 0 amide bonds. The number of anilines is 1. The molecule has 1 aromatic carbocycles. The number of rotatable bonds is 7. The van der Waals surface area contributed by atoms with Gasteiger partial charge in [-0.3, -0.25) is 4.68 Å². The van der Waals surface area contributed by atoms with Crippen LogP contribution in [0.1, 0.15) is 5.56 Å². The molecule has 21 heavy (non-hydrogen) atoms. The lowest BCUT2D eigenvalue weighted by atomic mass is 10.3. The van der Waals surface area contributed by atoms with E-state index in [0.717, 1.165) is 10.5 Å². The van der Waals surface area contributed by atoms with Crippen molar-refractivity contribution in [2.45, 2.75) is 11.4 Å². The van der Waals surface area contributed by atoms with Crippen LogP contribution >= 0.6 is 11.8 Å². The molecule has 0 fully saturated rings. The lowest BCUT2D eigenvalue weighted by Gasteiger charge is -2.06. The molecule has 0 saturated carbocycles. The summed E-state index contributed by atoms with van der Waals surface area (Å²) < 4.78 is 28.0. The molecule has 1 aromatic heterocycles. The summed E-state index contributed by atoms with van der Waals surface area (Å²) in [5.41, 5.74) is 7.19. The van der Waals surface area contributed by atoms with Crippen LogP contribution in [0.5, 0.6) is 0 Å². The standard InChI is InChI=1S/C13H18N4O2S2/c1-17-10-11(8-15-17)9-16-21(18,19)6-5-20-13-4-2-3-12(14)7-13/h2-4,7-8,10,16H,5-6,9,14H2,1H3. The average molecular weight is 326 g/mol. The van der Waals surface area contributed by atoms with Crippen LogP contribution in [0, 0.1) is 0 Å². The maximum Gasteiger partial charge on any atom is 0.212 e. The number of nitrogens with zero attached hydrogens (tertiary/aromatic N) is 2. The molecule has 0 bridgehead atoms. The first-order chi connectivity index (χ1) is 9.94. The van der Waals surface area contributed by atoms with Gasteiger partial charge in [0.05, 0.1) is 11.9 Å². The highest BCUT2D eigenvalue weighted by atomic mass is 32.2. The third-order valence-corrected chi connectivity index (χ3v) is 5.31. The summed E-state index contributed by atoms with van der Waals surface area (Å²) in [5, 5.41) is 3.99. The topological polar surface area (TPSA) is 90.0 Å². The van der Waals surface area contributed by atoms with Gasteiger partial charge < -0.3 is 5.73 Å². The summed E-state index contributed by atoms with van der Waals surface area (Å²) in [5.74, 6) is 0.540. The fourth-order valence-corrected chi connectivity index (χ4v) is 4.07. The molecule has 0 radical (unpaired) electrons. The van der Waals surface area contributed by atoms with Gasteiger partial charge in [0, 0.05) is 41.7 Å². The number of hydrogen-bond acceptors (Lipinski definition) is 5. The van der Waals surface area contributed by atoms with Crippen LogP contribution in [0.25, 0.3) is 0 Å². The SMILES string of the molecule is Cn1cc(CNS(=O)(=O)CCSc2cccc(N)c2)cn1. The van der Waals surface area contributed by atoms with Crippen LogP contribution in [0.2, 0.25) is 0 Å². The van der Waals surface area contributed by atoms with E-state index in [2.05, 4.69) is 9.82 Å². The van der Waals surface area contributed by atoms with Crippen molar-refractivity contribution in [3.63, 3.8) is 0 Å². The second-order valence-electron chi connectivity index (χ2n) is 4.58. The Labute approximate surface area is 128 Å². The Morgan fingerprint density at radius 3 is 2.90 bits per heavy atom. The second-order valence-corrected chi connectivity index (χ2v) is 7.68. The molecule has 6 nitrogen and oxygen atoms in total. The number of thioether (sulfide) groups is 1. The van der Waals surface area contributed by atoms with E-state index in [0.29, 0.717) is 11.4 Å². The normalized spacial score (nSPS) is 11.7. The number of aryl methyl sites for hydroxylation is 1. The number of benzene rings is 1. The minimum Gasteiger partial charge on any atom is -0.399 e. The number of hydrogen-bond donors (Lipinski definition) is 2. The Morgan fingerprint density at radius 1 is 1.43 bits per heavy atom. The predicted molar refractivity (Wildman–Crippen MR) is 85.4 cm³/mol. The Kier molecular flexibility index (Phi) is 5.27. The fraction of sp³-hybridized carbons (Fsp3) is 0.308. The van der Waals surface area contributed by atoms with Gasteiger partial charge >= 0.3 is 0 Å². The predicted octanol–water partition coefficient (Wildman–Crippen LogP) is 1.21. The zero-order valence-corrected chi connectivity index (χ0v) is 13.3. The summed E-state index contributed by atoms with van der Waals surface area (Å²) >= 11 is 1.47. The van der Waals surface area contributed by atoms with Gasteiger partial charge in [0.25, 0.3) is 0 Å². The van der Waals surface area contributed by atoms with Crippen LogP contribution in [0.15, 0.2) is 41.6 Å². The summed E-state index contributed by atoms with van der Waals surface area (Å²) in [6, 6.07) is 7.40. The highest BCUT2D eigenvalue weighted by Gasteiger charge is 2.10. The van der Waals surface area contributed by atoms with Gasteiger partial charge in [-0.15, -0.1) is 11.8 Å². The Hall–Kier alpha value is -1.51. The van der Waals surface area contributed by atoms with E-state index < -0.39 is 10.0 Å². The zero-order valence-electron chi connectivity index (χ0n) is 11.7. The van der Waals surface area contributed by atoms with Crippen molar-refractivity contribution in [2.24, 2.45) is 7.05 Å². The molecule has 8 heteroatoms. The third kappa shape index (κ3) is 5.41. The van der Waals surface area contributed by atoms with E-state index in [1.807, 2.05) is 18.2 Å². The van der Waals surface area contributed by atoms with Crippen LogP contribution in [0.4, 0.5) is 5.69 Å². The molecule has 0 atom stereocenters. The first-order valence-corrected chi connectivity index (χ1v) is 9.01. The smallest absolute Gasteiger partial charge is 0.212 e. The fourth-order valence-electron chi connectivity index (χ4n) is 1.70. The molecular weight excluding hydrogens is 308 g/mol. The van der Waals surface area contributed by atoms with E-state index in [4.69, 9.17) is 5.73 Å². The molecule has 2 rings (SSSR count). The van der Waals surface area contributed by atoms with E-state index in [1.165, 1.54) is 11.8 Å². The first-order valence-electron chi connectivity index (χ1n) is 6.38. The molecule has 3 N–H and O–H groups in total. The number of nitrogen functional groups attached to an aromatic ring is 1. The molecule has 114 valence electrons. The maximum atomic E-state index is 11.9. The van der Waals surface area contributed by atoms with Crippen LogP contribution in [0.3, 0.4) is 0 Å². The summed E-state index contributed by atoms with van der Waals surface area (Å²) in [4.78, 5) is 0.970. The average Bonchev–Trinajstić information content (AvgIpc) is 2.82. The highest BCUT2D eigenvalue weighted by Crippen LogP contribution is 2.20. The van der Waals surface area contributed by atoms with Crippen molar-refractivity contribution in [1.82, 2.24) is 14.5 Å². The molecule has 1 heterocycles. The number of nitrogens with one attached hydrogen (secondary N) is 1. The summed E-state index contributed by atoms with van der Waals surface area (Å²) in [6.45, 7) is 0.263. The molecule has 0 aliphatic carbocycles. The van der Waals surface area contributed by atoms with Crippen LogP contribution in [-0.2, 0) is 23.6 Å². The van der Waals surface area contributed by atoms with Crippen molar-refractivity contribution in [3.05, 3.63) is 42.2 Å². The second kappa shape index (κ2) is 6.97. The highest BCUT2D eigenvalue weighted by molar-refractivity contribution is 8.00. The third-order valence-electron chi connectivity index (χ3n) is 2.73. The molecule has 0 spiro atoms. The van der Waals surface area contributed by atoms with Gasteiger partial charge in [-0.1, -0.05) is 6.07 Å². The van der Waals surface area contributed by atoms with Crippen molar-refractivity contribution < 1.29 is 8.42 Å². The lowest BCUT2D eigenvalue weighted by Crippen LogP contribution is -2.26. The Morgan fingerprint density at radius 2 is 2.24 bits per heavy atom. The summed E-state index contributed by atoms with van der Waals surface area (Å²) in [7, 11) is -1.50. The van der Waals surface area contributed by atoms with E-state index in [-0.39, 0.29) is 12.3 Å². The van der Waals surface area contributed by atoms with E-state index >= 15 is 0 Å². The summed E-state index contributed by atoms with van der Waals surface area (Å²) in [6.07, 6.45) is 3.42. The van der Waals surface area contributed by atoms with E-state index in [9.17, 15) is 8.42 Å². The largest absolute Gasteiger partial charge is 0.399 e. The van der Waals surface area contributed by atoms with Crippen LogP contribution in [-0.4, -0.2) is 29.7 Å². The van der Waals surface area contributed by atoms with Crippen molar-refractivity contribution >= 4 is 27.5 Å². The first kappa shape index (κ1) is 15.9. The van der Waals surface area contributed by atoms with Crippen LogP contribution < -0.4 is 10.5 Å². The molecular formula is C13H18N4O2S2. The molecule has 0 aliphatic heterocycles. The molecule has 0 unspecified atom stereocenters. The quantitative estimate of drug-likeness (QED) is 0.590. The minimum atomic E-state index is -3.29. The molecule has 0 aliphatic rings. The van der Waals surface area contributed by atoms with Gasteiger partial charge in [-0.25, -0.2) is 13.1 Å². The number of aromatic nitrogens is 2. The maximum absolute atomic E-state index is 11.9. The lowest BCUT2D eigenvalue weighted by molar-refractivity contribution is 0.583. The molecule has 2 aromatic rings.